The fraction of sp³-hybridized carbons (Fsp3) is 0.667. The van der Waals surface area contributed by atoms with Gasteiger partial charge >= 0.3 is 11.9 Å². The van der Waals surface area contributed by atoms with Gasteiger partial charge in [-0.3, -0.25) is 0 Å². The normalized spacial score (nSPS) is 18.1. The molecule has 9 nitrogen and oxygen atoms in total. The predicted octanol–water partition coefficient (Wildman–Crippen LogP) is -3.24. The molecule has 15 heavy (non-hydrogen) atoms. The standard InChI is InChI=1S/C6H10O8.H3N/c7-1(3(9)5(11)12)2(8)4(10)6(13)14;/h1-4,7-10H,(H,11,12)(H,13,14);1H3/t1-,2+,3+,4-;. The third kappa shape index (κ3) is 4.18. The van der Waals surface area contributed by atoms with Crippen molar-refractivity contribution in [1.82, 2.24) is 6.15 Å². The highest BCUT2D eigenvalue weighted by Gasteiger charge is 2.37. The lowest BCUT2D eigenvalue weighted by Crippen LogP contribution is -2.49. The van der Waals surface area contributed by atoms with Crippen LogP contribution in [0.1, 0.15) is 0 Å². The molecule has 9 heteroatoms. The molecule has 0 aliphatic heterocycles. The third-order valence-electron chi connectivity index (χ3n) is 1.50. The largest absolute Gasteiger partial charge is 0.479 e. The van der Waals surface area contributed by atoms with Crippen LogP contribution in [0.25, 0.3) is 0 Å². The molecule has 0 radical (unpaired) electrons. The molecule has 0 aromatic carbocycles. The Hall–Kier alpha value is -1.26. The first kappa shape index (κ1) is 16.2. The van der Waals surface area contributed by atoms with Crippen molar-refractivity contribution in [2.24, 2.45) is 0 Å². The second kappa shape index (κ2) is 6.27. The maximum Gasteiger partial charge on any atom is 0.335 e. The number of rotatable bonds is 5. The topological polar surface area (TPSA) is 191 Å². The average Bonchev–Trinajstić information content (AvgIpc) is 2.12. The first-order valence-electron chi connectivity index (χ1n) is 3.47. The summed E-state index contributed by atoms with van der Waals surface area (Å²) in [6, 6.07) is 0. The average molecular weight is 227 g/mol. The van der Waals surface area contributed by atoms with Crippen LogP contribution in [0.5, 0.6) is 0 Å². The molecule has 4 atom stereocenters. The quantitative estimate of drug-likeness (QED) is 0.253. The highest BCUT2D eigenvalue weighted by atomic mass is 16.4. The van der Waals surface area contributed by atoms with E-state index < -0.39 is 36.4 Å². The molecule has 90 valence electrons. The summed E-state index contributed by atoms with van der Waals surface area (Å²) in [7, 11) is 0. The lowest BCUT2D eigenvalue weighted by Gasteiger charge is -2.21. The Balaban J connectivity index is 0. The Bertz CT molecular complexity index is 207. The van der Waals surface area contributed by atoms with Crippen molar-refractivity contribution in [3.05, 3.63) is 0 Å². The van der Waals surface area contributed by atoms with Crippen LogP contribution < -0.4 is 6.15 Å². The van der Waals surface area contributed by atoms with Gasteiger partial charge in [0.05, 0.1) is 0 Å². The Morgan fingerprint density at radius 3 is 1.07 bits per heavy atom. The Morgan fingerprint density at radius 1 is 0.733 bits per heavy atom. The molecule has 0 rings (SSSR count). The molecule has 0 unspecified atom stereocenters. The summed E-state index contributed by atoms with van der Waals surface area (Å²) >= 11 is 0. The van der Waals surface area contributed by atoms with E-state index in [1.54, 1.807) is 0 Å². The van der Waals surface area contributed by atoms with E-state index in [0.717, 1.165) is 0 Å². The number of carbonyl (C=O) groups is 2. The summed E-state index contributed by atoms with van der Waals surface area (Å²) in [6.45, 7) is 0. The van der Waals surface area contributed by atoms with Crippen LogP contribution in [-0.4, -0.2) is 67.0 Å². The van der Waals surface area contributed by atoms with E-state index in [2.05, 4.69) is 0 Å². The number of aliphatic hydroxyl groups excluding tert-OH is 4. The van der Waals surface area contributed by atoms with Gasteiger partial charge in [-0.1, -0.05) is 0 Å². The monoisotopic (exact) mass is 227 g/mol. The summed E-state index contributed by atoms with van der Waals surface area (Å²) in [6.07, 6.45) is -9.28. The molecule has 0 saturated carbocycles. The van der Waals surface area contributed by atoms with Crippen molar-refractivity contribution in [2.45, 2.75) is 24.4 Å². The zero-order valence-corrected chi connectivity index (χ0v) is 7.52. The van der Waals surface area contributed by atoms with Crippen LogP contribution in [0, 0.1) is 0 Å². The summed E-state index contributed by atoms with van der Waals surface area (Å²) in [5, 5.41) is 51.5. The van der Waals surface area contributed by atoms with E-state index in [1.807, 2.05) is 0 Å². The van der Waals surface area contributed by atoms with E-state index in [4.69, 9.17) is 30.6 Å². The SMILES string of the molecule is N.O=C(O)[C@@H](O)[C@H](O)[C@H](O)[C@@H](O)C(=O)O. The molecule has 0 aliphatic carbocycles. The number of carboxylic acids is 2. The van der Waals surface area contributed by atoms with Gasteiger partial charge in [-0.15, -0.1) is 0 Å². The highest BCUT2D eigenvalue weighted by molar-refractivity contribution is 5.75. The first-order valence-corrected chi connectivity index (χ1v) is 3.47. The minimum atomic E-state index is -2.36. The molecular formula is C6H13NO8. The number of aliphatic hydroxyl groups is 4. The van der Waals surface area contributed by atoms with Crippen LogP contribution in [0.4, 0.5) is 0 Å². The molecule has 0 spiro atoms. The van der Waals surface area contributed by atoms with Crippen LogP contribution in [0.3, 0.4) is 0 Å². The summed E-state index contributed by atoms with van der Waals surface area (Å²) in [5.41, 5.74) is 0. The fourth-order valence-electron chi connectivity index (χ4n) is 0.666. The maximum absolute atomic E-state index is 10.1. The Morgan fingerprint density at radius 2 is 0.933 bits per heavy atom. The van der Waals surface area contributed by atoms with E-state index in [0.29, 0.717) is 0 Å². The molecule has 0 aliphatic rings. The van der Waals surface area contributed by atoms with E-state index in [9.17, 15) is 9.59 Å². The van der Waals surface area contributed by atoms with Gasteiger partial charge in [0.25, 0.3) is 0 Å². The fourth-order valence-corrected chi connectivity index (χ4v) is 0.666. The molecule has 0 saturated heterocycles. The molecular weight excluding hydrogens is 214 g/mol. The van der Waals surface area contributed by atoms with E-state index in [1.165, 1.54) is 0 Å². The van der Waals surface area contributed by atoms with Crippen LogP contribution in [0.2, 0.25) is 0 Å². The minimum Gasteiger partial charge on any atom is -0.479 e. The zero-order valence-electron chi connectivity index (χ0n) is 7.52. The molecule has 0 amide bonds. The van der Waals surface area contributed by atoms with Crippen molar-refractivity contribution in [1.29, 1.82) is 0 Å². The van der Waals surface area contributed by atoms with Gasteiger partial charge in [0.15, 0.2) is 12.2 Å². The minimum absolute atomic E-state index is 0. The Labute approximate surface area is 83.8 Å². The van der Waals surface area contributed by atoms with Gasteiger partial charge in [0.2, 0.25) is 0 Å². The molecule has 9 N–H and O–H groups in total. The van der Waals surface area contributed by atoms with Gasteiger partial charge in [0, 0.05) is 0 Å². The van der Waals surface area contributed by atoms with Crippen molar-refractivity contribution >= 4 is 11.9 Å². The molecule has 0 bridgehead atoms. The van der Waals surface area contributed by atoms with Crippen molar-refractivity contribution in [2.75, 3.05) is 0 Å². The van der Waals surface area contributed by atoms with E-state index in [-0.39, 0.29) is 6.15 Å². The van der Waals surface area contributed by atoms with Gasteiger partial charge < -0.3 is 36.8 Å². The van der Waals surface area contributed by atoms with Crippen molar-refractivity contribution < 1.29 is 40.2 Å². The summed E-state index contributed by atoms with van der Waals surface area (Å²) < 4.78 is 0. The van der Waals surface area contributed by atoms with Crippen LogP contribution >= 0.6 is 0 Å². The number of carboxylic acid groups (broad SMARTS) is 2. The zero-order chi connectivity index (χ0) is 11.5. The summed E-state index contributed by atoms with van der Waals surface area (Å²) in [4.78, 5) is 20.2. The molecule has 0 fully saturated rings. The van der Waals surface area contributed by atoms with Crippen molar-refractivity contribution in [3.63, 3.8) is 0 Å². The van der Waals surface area contributed by atoms with Gasteiger partial charge in [0.1, 0.15) is 12.2 Å². The number of hydrogen-bond acceptors (Lipinski definition) is 7. The highest BCUT2D eigenvalue weighted by Crippen LogP contribution is 2.05. The smallest absolute Gasteiger partial charge is 0.335 e. The van der Waals surface area contributed by atoms with Gasteiger partial charge in [-0.25, -0.2) is 9.59 Å². The maximum atomic E-state index is 10.1. The summed E-state index contributed by atoms with van der Waals surface area (Å²) in [5.74, 6) is -3.68. The lowest BCUT2D eigenvalue weighted by atomic mass is 10.0. The molecule has 0 aromatic rings. The lowest BCUT2D eigenvalue weighted by molar-refractivity contribution is -0.172. The predicted molar refractivity (Wildman–Crippen MR) is 44.3 cm³/mol. The molecule has 0 aromatic heterocycles. The second-order valence-corrected chi connectivity index (χ2v) is 2.55. The van der Waals surface area contributed by atoms with Gasteiger partial charge in [-0.2, -0.15) is 0 Å². The third-order valence-corrected chi connectivity index (χ3v) is 1.50. The number of hydrogen-bond donors (Lipinski definition) is 7. The second-order valence-electron chi connectivity index (χ2n) is 2.55. The molecule has 0 heterocycles. The first-order chi connectivity index (χ1) is 6.29. The van der Waals surface area contributed by atoms with Crippen LogP contribution in [0.15, 0.2) is 0 Å². The van der Waals surface area contributed by atoms with Crippen molar-refractivity contribution in [3.8, 4) is 0 Å². The number of aliphatic carboxylic acids is 2. The Kier molecular flexibility index (Phi) is 6.76. The van der Waals surface area contributed by atoms with Gasteiger partial charge in [-0.05, 0) is 0 Å². The van der Waals surface area contributed by atoms with Crippen LogP contribution in [-0.2, 0) is 9.59 Å². The van der Waals surface area contributed by atoms with E-state index >= 15 is 0 Å².